The van der Waals surface area contributed by atoms with Gasteiger partial charge < -0.3 is 5.11 Å². The van der Waals surface area contributed by atoms with E-state index in [1.54, 1.807) is 10.7 Å². The summed E-state index contributed by atoms with van der Waals surface area (Å²) in [6.07, 6.45) is -2.10. The molecule has 0 bridgehead atoms. The largest absolute Gasteiger partial charge is 0.416 e. The minimum atomic E-state index is -4.35. The van der Waals surface area contributed by atoms with Crippen molar-refractivity contribution in [2.45, 2.75) is 26.1 Å². The number of halogens is 3. The molecule has 0 saturated heterocycles. The molecule has 0 spiro atoms. The summed E-state index contributed by atoms with van der Waals surface area (Å²) in [6, 6.07) is 13.0. The number of hydrogen-bond donors (Lipinski definition) is 1. The summed E-state index contributed by atoms with van der Waals surface area (Å²) < 4.78 is 40.5. The summed E-state index contributed by atoms with van der Waals surface area (Å²) in [6.45, 7) is 2.27. The molecular formula is C20H19F3N2O. The fourth-order valence-electron chi connectivity index (χ4n) is 3.01. The third-order valence-electron chi connectivity index (χ3n) is 4.23. The van der Waals surface area contributed by atoms with Crippen molar-refractivity contribution in [3.63, 3.8) is 0 Å². The molecule has 3 rings (SSSR count). The lowest BCUT2D eigenvalue weighted by Crippen LogP contribution is -2.05. The second kappa shape index (κ2) is 7.33. The summed E-state index contributed by atoms with van der Waals surface area (Å²) in [5.41, 5.74) is 3.56. The maximum Gasteiger partial charge on any atom is 0.416 e. The number of alkyl halides is 3. The van der Waals surface area contributed by atoms with Gasteiger partial charge in [-0.25, -0.2) is 0 Å². The molecule has 0 amide bonds. The Kier molecular flexibility index (Phi) is 5.13. The van der Waals surface area contributed by atoms with E-state index in [0.29, 0.717) is 18.5 Å². The molecule has 3 aromatic rings. The van der Waals surface area contributed by atoms with Gasteiger partial charge >= 0.3 is 6.18 Å². The molecular weight excluding hydrogens is 341 g/mol. The Morgan fingerprint density at radius 2 is 1.81 bits per heavy atom. The molecule has 0 radical (unpaired) electrons. The number of aliphatic hydroxyl groups excluding tert-OH is 1. The van der Waals surface area contributed by atoms with Gasteiger partial charge in [0.1, 0.15) is 0 Å². The molecule has 0 unspecified atom stereocenters. The Bertz CT molecular complexity index is 900. The molecule has 2 aromatic carbocycles. The highest BCUT2D eigenvalue weighted by Crippen LogP contribution is 2.32. The molecule has 26 heavy (non-hydrogen) atoms. The fourth-order valence-corrected chi connectivity index (χ4v) is 3.01. The number of benzene rings is 2. The van der Waals surface area contributed by atoms with Crippen LogP contribution in [0.2, 0.25) is 0 Å². The average Bonchev–Trinajstić information content (AvgIpc) is 2.95. The summed E-state index contributed by atoms with van der Waals surface area (Å²) >= 11 is 0. The van der Waals surface area contributed by atoms with Gasteiger partial charge in [0.2, 0.25) is 0 Å². The van der Waals surface area contributed by atoms with E-state index in [0.717, 1.165) is 28.5 Å². The van der Waals surface area contributed by atoms with Crippen LogP contribution < -0.4 is 0 Å². The lowest BCUT2D eigenvalue weighted by molar-refractivity contribution is -0.137. The molecule has 3 nitrogen and oxygen atoms in total. The van der Waals surface area contributed by atoms with Gasteiger partial charge in [0.25, 0.3) is 0 Å². The zero-order valence-corrected chi connectivity index (χ0v) is 14.3. The Morgan fingerprint density at radius 1 is 1.04 bits per heavy atom. The first kappa shape index (κ1) is 18.2. The standard InChI is InChI=1S/C20H19F3N2O/c1-14-19(13-25(24-14)9-10-26)18-8-3-2-6-16(18)11-15-5-4-7-17(12-15)20(21,22)23/h2-8,12-13,26H,9-11H2,1H3. The smallest absolute Gasteiger partial charge is 0.394 e. The van der Waals surface area contributed by atoms with Crippen molar-refractivity contribution in [1.82, 2.24) is 9.78 Å². The van der Waals surface area contributed by atoms with Crippen molar-refractivity contribution in [3.05, 3.63) is 77.1 Å². The Morgan fingerprint density at radius 3 is 2.54 bits per heavy atom. The van der Waals surface area contributed by atoms with Crippen molar-refractivity contribution < 1.29 is 18.3 Å². The molecule has 0 aliphatic carbocycles. The average molecular weight is 360 g/mol. The van der Waals surface area contributed by atoms with E-state index in [2.05, 4.69) is 5.10 Å². The van der Waals surface area contributed by atoms with E-state index in [4.69, 9.17) is 5.11 Å². The van der Waals surface area contributed by atoms with Gasteiger partial charge in [-0.1, -0.05) is 42.5 Å². The summed E-state index contributed by atoms with van der Waals surface area (Å²) in [5, 5.41) is 13.5. The first-order valence-electron chi connectivity index (χ1n) is 8.28. The van der Waals surface area contributed by atoms with E-state index in [1.165, 1.54) is 12.1 Å². The van der Waals surface area contributed by atoms with Gasteiger partial charge in [0.05, 0.1) is 24.4 Å². The van der Waals surface area contributed by atoms with Crippen LogP contribution in [0.1, 0.15) is 22.4 Å². The summed E-state index contributed by atoms with van der Waals surface area (Å²) in [5.74, 6) is 0. The predicted octanol–water partition coefficient (Wildman–Crippen LogP) is 4.46. The third-order valence-corrected chi connectivity index (χ3v) is 4.23. The van der Waals surface area contributed by atoms with Crippen molar-refractivity contribution in [3.8, 4) is 11.1 Å². The second-order valence-corrected chi connectivity index (χ2v) is 6.15. The van der Waals surface area contributed by atoms with Gasteiger partial charge in [-0.2, -0.15) is 18.3 Å². The molecule has 136 valence electrons. The van der Waals surface area contributed by atoms with Crippen LogP contribution in [0.25, 0.3) is 11.1 Å². The number of nitrogens with zero attached hydrogens (tertiary/aromatic N) is 2. The van der Waals surface area contributed by atoms with Crippen LogP contribution >= 0.6 is 0 Å². The lowest BCUT2D eigenvalue weighted by Gasteiger charge is -2.11. The van der Waals surface area contributed by atoms with Crippen LogP contribution in [0.5, 0.6) is 0 Å². The van der Waals surface area contributed by atoms with E-state index < -0.39 is 11.7 Å². The van der Waals surface area contributed by atoms with Crippen molar-refractivity contribution >= 4 is 0 Å². The van der Waals surface area contributed by atoms with E-state index in [9.17, 15) is 13.2 Å². The van der Waals surface area contributed by atoms with Crippen molar-refractivity contribution in [1.29, 1.82) is 0 Å². The zero-order valence-electron chi connectivity index (χ0n) is 14.3. The molecule has 0 atom stereocenters. The molecule has 0 fully saturated rings. The van der Waals surface area contributed by atoms with Gasteiger partial charge in [-0.15, -0.1) is 0 Å². The quantitative estimate of drug-likeness (QED) is 0.729. The maximum atomic E-state index is 12.9. The van der Waals surface area contributed by atoms with Crippen LogP contribution in [0.15, 0.2) is 54.7 Å². The van der Waals surface area contributed by atoms with Gasteiger partial charge in [-0.05, 0) is 36.1 Å². The maximum absolute atomic E-state index is 12.9. The highest BCUT2D eigenvalue weighted by Gasteiger charge is 2.30. The molecule has 0 aliphatic heterocycles. The minimum Gasteiger partial charge on any atom is -0.394 e. The normalized spacial score (nSPS) is 11.7. The number of aromatic nitrogens is 2. The first-order valence-corrected chi connectivity index (χ1v) is 8.28. The van der Waals surface area contributed by atoms with E-state index in [1.807, 2.05) is 37.4 Å². The van der Waals surface area contributed by atoms with E-state index in [-0.39, 0.29) is 6.61 Å². The number of aryl methyl sites for hydroxylation is 1. The van der Waals surface area contributed by atoms with Crippen LogP contribution in [0.4, 0.5) is 13.2 Å². The van der Waals surface area contributed by atoms with E-state index >= 15 is 0 Å². The predicted molar refractivity (Wildman–Crippen MR) is 93.7 cm³/mol. The molecule has 0 saturated carbocycles. The molecule has 6 heteroatoms. The van der Waals surface area contributed by atoms with Crippen molar-refractivity contribution in [2.75, 3.05) is 6.61 Å². The highest BCUT2D eigenvalue weighted by atomic mass is 19.4. The molecule has 1 aromatic heterocycles. The molecule has 1 heterocycles. The highest BCUT2D eigenvalue weighted by molar-refractivity contribution is 5.69. The van der Waals surface area contributed by atoms with Crippen molar-refractivity contribution in [2.24, 2.45) is 0 Å². The van der Waals surface area contributed by atoms with Crippen LogP contribution in [-0.4, -0.2) is 21.5 Å². The van der Waals surface area contributed by atoms with Crippen LogP contribution in [0.3, 0.4) is 0 Å². The SMILES string of the molecule is Cc1nn(CCO)cc1-c1ccccc1Cc1cccc(C(F)(F)F)c1. The van der Waals surface area contributed by atoms with Gasteiger partial charge in [0.15, 0.2) is 0 Å². The van der Waals surface area contributed by atoms with Crippen LogP contribution in [0, 0.1) is 6.92 Å². The van der Waals surface area contributed by atoms with Gasteiger partial charge in [0, 0.05) is 11.8 Å². The first-order chi connectivity index (χ1) is 12.4. The number of aliphatic hydroxyl groups is 1. The topological polar surface area (TPSA) is 38.0 Å². The third kappa shape index (κ3) is 3.96. The minimum absolute atomic E-state index is 0.00750. The lowest BCUT2D eigenvalue weighted by atomic mass is 9.95. The Labute approximate surface area is 149 Å². The number of rotatable bonds is 5. The number of hydrogen-bond acceptors (Lipinski definition) is 2. The Hall–Kier alpha value is -2.60. The molecule has 1 N–H and O–H groups in total. The van der Waals surface area contributed by atoms with Crippen LogP contribution in [-0.2, 0) is 19.1 Å². The summed E-state index contributed by atoms with van der Waals surface area (Å²) in [7, 11) is 0. The zero-order chi connectivity index (χ0) is 18.7. The molecule has 0 aliphatic rings. The summed E-state index contributed by atoms with van der Waals surface area (Å²) in [4.78, 5) is 0. The monoisotopic (exact) mass is 360 g/mol. The fraction of sp³-hybridized carbons (Fsp3) is 0.250. The Balaban J connectivity index is 1.96. The van der Waals surface area contributed by atoms with Gasteiger partial charge in [-0.3, -0.25) is 4.68 Å². The second-order valence-electron chi connectivity index (χ2n) is 6.15.